The van der Waals surface area contributed by atoms with Crippen molar-refractivity contribution in [1.29, 1.82) is 0 Å². The Bertz CT molecular complexity index is 430. The van der Waals surface area contributed by atoms with Gasteiger partial charge < -0.3 is 5.32 Å². The molecule has 92 valence electrons. The molecule has 0 radical (unpaired) electrons. The third kappa shape index (κ3) is 3.35. The van der Waals surface area contributed by atoms with E-state index >= 15 is 0 Å². The second-order valence-electron chi connectivity index (χ2n) is 3.87. The molecule has 1 heterocycles. The zero-order valence-electron chi connectivity index (χ0n) is 10.2. The van der Waals surface area contributed by atoms with Gasteiger partial charge in [0.1, 0.15) is 0 Å². The first-order valence-electron chi connectivity index (χ1n) is 5.49. The zero-order chi connectivity index (χ0) is 12.8. The summed E-state index contributed by atoms with van der Waals surface area (Å²) in [5.41, 5.74) is 2.13. The smallest absolute Gasteiger partial charge is 0.278 e. The summed E-state index contributed by atoms with van der Waals surface area (Å²) in [6, 6.07) is 0. The van der Waals surface area contributed by atoms with E-state index in [1.807, 2.05) is 6.08 Å². The Hall–Kier alpha value is -1.75. The maximum atomic E-state index is 10.9. The molecular formula is C12H17N3O2. The van der Waals surface area contributed by atoms with Crippen molar-refractivity contribution in [1.82, 2.24) is 10.3 Å². The Balaban J connectivity index is 2.83. The summed E-state index contributed by atoms with van der Waals surface area (Å²) in [6.07, 6.45) is 4.24. The van der Waals surface area contributed by atoms with Gasteiger partial charge in [0.15, 0.2) is 0 Å². The fourth-order valence-corrected chi connectivity index (χ4v) is 1.64. The van der Waals surface area contributed by atoms with E-state index in [2.05, 4.69) is 16.9 Å². The molecule has 0 atom stereocenters. The van der Waals surface area contributed by atoms with Crippen molar-refractivity contribution < 1.29 is 4.92 Å². The first-order valence-corrected chi connectivity index (χ1v) is 5.49. The molecule has 0 unspecified atom stereocenters. The van der Waals surface area contributed by atoms with Crippen LogP contribution in [0, 0.1) is 24.0 Å². The highest BCUT2D eigenvalue weighted by atomic mass is 16.6. The minimum absolute atomic E-state index is 0.167. The van der Waals surface area contributed by atoms with Crippen molar-refractivity contribution in [3.8, 4) is 0 Å². The van der Waals surface area contributed by atoms with Gasteiger partial charge in [-0.15, -0.1) is 6.58 Å². The van der Waals surface area contributed by atoms with Gasteiger partial charge in [0.25, 0.3) is 5.69 Å². The van der Waals surface area contributed by atoms with E-state index < -0.39 is 0 Å². The molecule has 0 fully saturated rings. The maximum Gasteiger partial charge on any atom is 0.278 e. The maximum absolute atomic E-state index is 10.9. The average Bonchev–Trinajstić information content (AvgIpc) is 2.26. The fraction of sp³-hybridized carbons (Fsp3) is 0.417. The number of nitrogens with one attached hydrogen (secondary N) is 1. The normalized spacial score (nSPS) is 10.2. The van der Waals surface area contributed by atoms with E-state index in [-0.39, 0.29) is 10.6 Å². The second-order valence-corrected chi connectivity index (χ2v) is 3.87. The van der Waals surface area contributed by atoms with E-state index in [1.54, 1.807) is 20.0 Å². The lowest BCUT2D eigenvalue weighted by Crippen LogP contribution is -2.16. The third-order valence-corrected chi connectivity index (χ3v) is 2.58. The fourth-order valence-electron chi connectivity index (χ4n) is 1.64. The van der Waals surface area contributed by atoms with E-state index in [9.17, 15) is 10.1 Å². The first-order chi connectivity index (χ1) is 8.07. The molecule has 17 heavy (non-hydrogen) atoms. The number of nitrogens with zero attached hydrogens (tertiary/aromatic N) is 2. The van der Waals surface area contributed by atoms with Crippen molar-refractivity contribution in [3.63, 3.8) is 0 Å². The number of pyridine rings is 1. The van der Waals surface area contributed by atoms with Crippen LogP contribution in [0.5, 0.6) is 0 Å². The molecule has 0 aromatic carbocycles. The largest absolute Gasteiger partial charge is 0.311 e. The van der Waals surface area contributed by atoms with Gasteiger partial charge in [0.2, 0.25) is 0 Å². The van der Waals surface area contributed by atoms with Gasteiger partial charge in [-0.3, -0.25) is 15.1 Å². The monoisotopic (exact) mass is 235 g/mol. The Morgan fingerprint density at radius 2 is 2.29 bits per heavy atom. The lowest BCUT2D eigenvalue weighted by Gasteiger charge is -2.08. The molecule has 5 heteroatoms. The van der Waals surface area contributed by atoms with Crippen LogP contribution in [0.2, 0.25) is 0 Å². The van der Waals surface area contributed by atoms with Crippen LogP contribution in [0.3, 0.4) is 0 Å². The highest BCUT2D eigenvalue weighted by Gasteiger charge is 2.18. The number of hydrogen-bond donors (Lipinski definition) is 1. The van der Waals surface area contributed by atoms with Crippen LogP contribution < -0.4 is 5.32 Å². The second kappa shape index (κ2) is 6.10. The minimum atomic E-state index is -0.348. The van der Waals surface area contributed by atoms with E-state index in [1.165, 1.54) is 0 Å². The predicted molar refractivity (Wildman–Crippen MR) is 66.9 cm³/mol. The number of aryl methyl sites for hydroxylation is 1. The summed E-state index contributed by atoms with van der Waals surface area (Å²) < 4.78 is 0. The quantitative estimate of drug-likeness (QED) is 0.355. The van der Waals surface area contributed by atoms with E-state index in [0.717, 1.165) is 18.7 Å². The van der Waals surface area contributed by atoms with Crippen LogP contribution in [0.4, 0.5) is 5.69 Å². The van der Waals surface area contributed by atoms with Gasteiger partial charge in [-0.25, -0.2) is 0 Å². The predicted octanol–water partition coefficient (Wildman–Crippen LogP) is 2.27. The minimum Gasteiger partial charge on any atom is -0.311 e. The van der Waals surface area contributed by atoms with E-state index in [4.69, 9.17) is 0 Å². The standard InChI is InChI=1S/C12H17N3O2/c1-4-5-6-13-8-11-10(3)12(15(16)17)9(2)7-14-11/h4,7,13H,1,5-6,8H2,2-3H3. The molecule has 0 aliphatic carbocycles. The van der Waals surface area contributed by atoms with Gasteiger partial charge in [0, 0.05) is 23.9 Å². The first kappa shape index (κ1) is 13.3. The summed E-state index contributed by atoms with van der Waals surface area (Å²) in [7, 11) is 0. The molecule has 1 rings (SSSR count). The highest BCUT2D eigenvalue weighted by molar-refractivity contribution is 5.47. The van der Waals surface area contributed by atoms with Gasteiger partial charge in [-0.1, -0.05) is 6.08 Å². The average molecular weight is 235 g/mol. The van der Waals surface area contributed by atoms with Crippen molar-refractivity contribution in [3.05, 3.63) is 45.8 Å². The van der Waals surface area contributed by atoms with Crippen LogP contribution in [0.1, 0.15) is 23.2 Å². The topological polar surface area (TPSA) is 68.1 Å². The van der Waals surface area contributed by atoms with Crippen LogP contribution in [0.25, 0.3) is 0 Å². The molecule has 1 aromatic heterocycles. The molecular weight excluding hydrogens is 218 g/mol. The summed E-state index contributed by atoms with van der Waals surface area (Å²) in [5.74, 6) is 0. The molecule has 0 saturated heterocycles. The molecule has 0 amide bonds. The third-order valence-electron chi connectivity index (χ3n) is 2.58. The molecule has 1 N–H and O–H groups in total. The van der Waals surface area contributed by atoms with Crippen LogP contribution in [-0.4, -0.2) is 16.5 Å². The van der Waals surface area contributed by atoms with Crippen LogP contribution >= 0.6 is 0 Å². The molecule has 0 spiro atoms. The van der Waals surface area contributed by atoms with Crippen molar-refractivity contribution >= 4 is 5.69 Å². The summed E-state index contributed by atoms with van der Waals surface area (Å²) in [4.78, 5) is 14.8. The van der Waals surface area contributed by atoms with Gasteiger partial charge in [0.05, 0.1) is 10.6 Å². The summed E-state index contributed by atoms with van der Waals surface area (Å²) in [5, 5.41) is 14.1. The number of rotatable bonds is 6. The summed E-state index contributed by atoms with van der Waals surface area (Å²) >= 11 is 0. The van der Waals surface area contributed by atoms with Crippen LogP contribution in [-0.2, 0) is 6.54 Å². The molecule has 0 aliphatic heterocycles. The van der Waals surface area contributed by atoms with E-state index in [0.29, 0.717) is 17.7 Å². The van der Waals surface area contributed by atoms with Crippen molar-refractivity contribution in [2.75, 3.05) is 6.54 Å². The Morgan fingerprint density at radius 3 is 2.88 bits per heavy atom. The summed E-state index contributed by atoms with van der Waals surface area (Å²) in [6.45, 7) is 8.41. The molecule has 1 aromatic rings. The molecule has 5 nitrogen and oxygen atoms in total. The molecule has 0 bridgehead atoms. The lowest BCUT2D eigenvalue weighted by molar-refractivity contribution is -0.386. The molecule has 0 saturated carbocycles. The zero-order valence-corrected chi connectivity index (χ0v) is 10.2. The van der Waals surface area contributed by atoms with Gasteiger partial charge in [-0.05, 0) is 26.8 Å². The molecule has 0 aliphatic rings. The number of hydrogen-bond acceptors (Lipinski definition) is 4. The van der Waals surface area contributed by atoms with Crippen molar-refractivity contribution in [2.45, 2.75) is 26.8 Å². The lowest BCUT2D eigenvalue weighted by atomic mass is 10.1. The SMILES string of the molecule is C=CCCNCc1ncc(C)c([N+](=O)[O-])c1C. The van der Waals surface area contributed by atoms with Gasteiger partial charge >= 0.3 is 0 Å². The van der Waals surface area contributed by atoms with Crippen molar-refractivity contribution in [2.24, 2.45) is 0 Å². The van der Waals surface area contributed by atoms with Gasteiger partial charge in [-0.2, -0.15) is 0 Å². The number of nitro groups is 1. The Morgan fingerprint density at radius 1 is 1.59 bits per heavy atom. The Labute approximate surface area is 101 Å². The Kier molecular flexibility index (Phi) is 4.78. The van der Waals surface area contributed by atoms with Crippen LogP contribution in [0.15, 0.2) is 18.9 Å². The number of aromatic nitrogens is 1. The highest BCUT2D eigenvalue weighted by Crippen LogP contribution is 2.23.